The molecule has 0 saturated heterocycles. The summed E-state index contributed by atoms with van der Waals surface area (Å²) < 4.78 is 7.34. The number of hydrogen-bond acceptors (Lipinski definition) is 5. The van der Waals surface area contributed by atoms with E-state index in [1.165, 1.54) is 5.56 Å². The first-order valence-corrected chi connectivity index (χ1v) is 7.40. The molecule has 0 bridgehead atoms. The first-order valence-electron chi connectivity index (χ1n) is 6.42. The van der Waals surface area contributed by atoms with Gasteiger partial charge in [-0.15, -0.1) is 10.2 Å². The van der Waals surface area contributed by atoms with Gasteiger partial charge in [-0.1, -0.05) is 29.5 Å². The highest BCUT2D eigenvalue weighted by Gasteiger charge is 2.14. The zero-order valence-electron chi connectivity index (χ0n) is 12.3. The Bertz CT molecular complexity index is 597. The summed E-state index contributed by atoms with van der Waals surface area (Å²) in [6.07, 6.45) is 0. The summed E-state index contributed by atoms with van der Waals surface area (Å²) in [5.74, 6) is 2.46. The molecule has 0 aliphatic heterocycles. The van der Waals surface area contributed by atoms with Crippen LogP contribution in [0, 0.1) is 13.8 Å². The van der Waals surface area contributed by atoms with Crippen molar-refractivity contribution in [1.82, 2.24) is 14.8 Å². The molecule has 2 rings (SSSR count). The van der Waals surface area contributed by atoms with Crippen molar-refractivity contribution in [2.45, 2.75) is 25.0 Å². The molecule has 5 nitrogen and oxygen atoms in total. The summed E-state index contributed by atoms with van der Waals surface area (Å²) in [6.45, 7) is 3.98. The van der Waals surface area contributed by atoms with Crippen molar-refractivity contribution >= 4 is 11.8 Å². The number of benzene rings is 1. The molecular weight excluding hydrogens is 272 g/mol. The number of nitrogens with zero attached hydrogens (tertiary/aromatic N) is 3. The molecule has 1 aromatic heterocycles. The van der Waals surface area contributed by atoms with Gasteiger partial charge in [-0.2, -0.15) is 0 Å². The molecule has 108 valence electrons. The lowest BCUT2D eigenvalue weighted by Gasteiger charge is -2.16. The number of aromatic nitrogens is 3. The molecule has 1 atom stereocenters. The van der Waals surface area contributed by atoms with E-state index < -0.39 is 0 Å². The molecule has 0 radical (unpaired) electrons. The molecule has 0 amide bonds. The van der Waals surface area contributed by atoms with E-state index in [4.69, 9.17) is 10.5 Å². The van der Waals surface area contributed by atoms with E-state index in [9.17, 15) is 0 Å². The molecule has 2 aromatic rings. The fraction of sp³-hybridized carbons (Fsp3) is 0.429. The quantitative estimate of drug-likeness (QED) is 0.856. The van der Waals surface area contributed by atoms with Crippen LogP contribution in [-0.2, 0) is 7.05 Å². The Morgan fingerprint density at radius 1 is 1.35 bits per heavy atom. The summed E-state index contributed by atoms with van der Waals surface area (Å²) in [7, 11) is 3.62. The number of methoxy groups -OCH3 is 1. The molecule has 1 aromatic carbocycles. The van der Waals surface area contributed by atoms with Crippen LogP contribution in [0.2, 0.25) is 0 Å². The van der Waals surface area contributed by atoms with Gasteiger partial charge in [0.25, 0.3) is 0 Å². The van der Waals surface area contributed by atoms with Crippen LogP contribution in [0.1, 0.15) is 23.0 Å². The number of hydrogen-bond donors (Lipinski definition) is 1. The van der Waals surface area contributed by atoms with Gasteiger partial charge in [0, 0.05) is 24.4 Å². The molecule has 1 unspecified atom stereocenters. The Morgan fingerprint density at radius 3 is 2.70 bits per heavy atom. The zero-order valence-corrected chi connectivity index (χ0v) is 13.1. The molecular formula is C14H20N4OS. The first kappa shape index (κ1) is 14.9. The first-order chi connectivity index (χ1) is 9.52. The van der Waals surface area contributed by atoms with E-state index in [0.717, 1.165) is 28.0 Å². The van der Waals surface area contributed by atoms with E-state index in [0.29, 0.717) is 0 Å². The van der Waals surface area contributed by atoms with E-state index in [1.807, 2.05) is 30.7 Å². The van der Waals surface area contributed by atoms with E-state index in [-0.39, 0.29) is 6.04 Å². The highest BCUT2D eigenvalue weighted by molar-refractivity contribution is 7.99. The Hall–Kier alpha value is -1.53. The molecule has 0 aliphatic rings. The lowest BCUT2D eigenvalue weighted by molar-refractivity contribution is 0.407. The average Bonchev–Trinajstić information content (AvgIpc) is 2.76. The monoisotopic (exact) mass is 292 g/mol. The summed E-state index contributed by atoms with van der Waals surface area (Å²) in [5.41, 5.74) is 8.49. The second-order valence-corrected chi connectivity index (χ2v) is 5.74. The average molecular weight is 292 g/mol. The van der Waals surface area contributed by atoms with Gasteiger partial charge in [0.15, 0.2) is 5.16 Å². The fourth-order valence-corrected chi connectivity index (χ4v) is 2.84. The van der Waals surface area contributed by atoms with Crippen molar-refractivity contribution < 1.29 is 4.74 Å². The van der Waals surface area contributed by atoms with Crippen LogP contribution < -0.4 is 10.5 Å². The van der Waals surface area contributed by atoms with E-state index >= 15 is 0 Å². The summed E-state index contributed by atoms with van der Waals surface area (Å²) in [4.78, 5) is 0. The van der Waals surface area contributed by atoms with Crippen LogP contribution in [0.4, 0.5) is 0 Å². The second-order valence-electron chi connectivity index (χ2n) is 4.75. The SMILES string of the molecule is COc1ccc(C)cc1C(N)CSc1nnc(C)n1C. The minimum Gasteiger partial charge on any atom is -0.496 e. The molecule has 0 saturated carbocycles. The maximum absolute atomic E-state index is 6.29. The molecule has 0 aliphatic carbocycles. The van der Waals surface area contributed by atoms with Crippen molar-refractivity contribution in [2.75, 3.05) is 12.9 Å². The van der Waals surface area contributed by atoms with Crippen LogP contribution in [0.25, 0.3) is 0 Å². The Labute approximate surface area is 123 Å². The van der Waals surface area contributed by atoms with Crippen molar-refractivity contribution in [3.63, 3.8) is 0 Å². The third-order valence-electron chi connectivity index (χ3n) is 3.23. The highest BCUT2D eigenvalue weighted by Crippen LogP contribution is 2.29. The maximum Gasteiger partial charge on any atom is 0.191 e. The normalized spacial score (nSPS) is 12.4. The van der Waals surface area contributed by atoms with E-state index in [2.05, 4.69) is 23.2 Å². The van der Waals surface area contributed by atoms with Crippen LogP contribution in [-0.4, -0.2) is 27.6 Å². The van der Waals surface area contributed by atoms with Gasteiger partial charge < -0.3 is 15.0 Å². The number of rotatable bonds is 5. The predicted molar refractivity (Wildman–Crippen MR) is 81.1 cm³/mol. The van der Waals surface area contributed by atoms with Gasteiger partial charge in [-0.25, -0.2) is 0 Å². The van der Waals surface area contributed by atoms with Gasteiger partial charge in [0.1, 0.15) is 11.6 Å². The van der Waals surface area contributed by atoms with Crippen molar-refractivity contribution in [3.05, 3.63) is 35.2 Å². The van der Waals surface area contributed by atoms with Gasteiger partial charge in [-0.3, -0.25) is 0 Å². The molecule has 2 N–H and O–H groups in total. The lowest BCUT2D eigenvalue weighted by atomic mass is 10.1. The molecule has 0 spiro atoms. The van der Waals surface area contributed by atoms with Gasteiger partial charge in [0.2, 0.25) is 0 Å². The number of thioether (sulfide) groups is 1. The van der Waals surface area contributed by atoms with Crippen molar-refractivity contribution in [2.24, 2.45) is 12.8 Å². The molecule has 1 heterocycles. The van der Waals surface area contributed by atoms with Crippen LogP contribution in [0.15, 0.2) is 23.4 Å². The summed E-state index contributed by atoms with van der Waals surface area (Å²) in [6, 6.07) is 5.95. The second kappa shape index (κ2) is 6.28. The largest absolute Gasteiger partial charge is 0.496 e. The van der Waals surface area contributed by atoms with Gasteiger partial charge in [-0.05, 0) is 19.9 Å². The summed E-state index contributed by atoms with van der Waals surface area (Å²) >= 11 is 1.60. The van der Waals surface area contributed by atoms with Gasteiger partial charge >= 0.3 is 0 Å². The van der Waals surface area contributed by atoms with Crippen molar-refractivity contribution in [1.29, 1.82) is 0 Å². The molecule has 0 fully saturated rings. The fourth-order valence-electron chi connectivity index (χ4n) is 1.91. The number of nitrogens with two attached hydrogens (primary N) is 1. The smallest absolute Gasteiger partial charge is 0.191 e. The highest BCUT2D eigenvalue weighted by atomic mass is 32.2. The topological polar surface area (TPSA) is 66.0 Å². The van der Waals surface area contributed by atoms with E-state index in [1.54, 1.807) is 18.9 Å². The number of ether oxygens (including phenoxy) is 1. The zero-order chi connectivity index (χ0) is 14.7. The minimum atomic E-state index is -0.105. The third kappa shape index (κ3) is 3.13. The maximum atomic E-state index is 6.29. The minimum absolute atomic E-state index is 0.105. The predicted octanol–water partition coefficient (Wildman–Crippen LogP) is 2.23. The summed E-state index contributed by atoms with van der Waals surface area (Å²) in [5, 5.41) is 9.05. The molecule has 6 heteroatoms. The Kier molecular flexibility index (Phi) is 4.67. The number of aryl methyl sites for hydroxylation is 2. The molecule has 20 heavy (non-hydrogen) atoms. The van der Waals surface area contributed by atoms with Crippen LogP contribution in [0.3, 0.4) is 0 Å². The third-order valence-corrected chi connectivity index (χ3v) is 4.37. The van der Waals surface area contributed by atoms with Crippen LogP contribution >= 0.6 is 11.8 Å². The van der Waals surface area contributed by atoms with Crippen LogP contribution in [0.5, 0.6) is 5.75 Å². The van der Waals surface area contributed by atoms with Crippen molar-refractivity contribution in [3.8, 4) is 5.75 Å². The Morgan fingerprint density at radius 2 is 2.10 bits per heavy atom. The van der Waals surface area contributed by atoms with Gasteiger partial charge in [0.05, 0.1) is 7.11 Å². The lowest BCUT2D eigenvalue weighted by Crippen LogP contribution is -2.15. The standard InChI is InChI=1S/C14H20N4OS/c1-9-5-6-13(19-4)11(7-9)12(15)8-20-14-17-16-10(2)18(14)3/h5-7,12H,8,15H2,1-4H3. The Balaban J connectivity index is 2.10.